The third-order valence-electron chi connectivity index (χ3n) is 11.3. The molecule has 0 spiro atoms. The van der Waals surface area contributed by atoms with Gasteiger partial charge in [-0.15, -0.1) is 11.3 Å². The van der Waals surface area contributed by atoms with Gasteiger partial charge in [-0.3, -0.25) is 24.1 Å². The summed E-state index contributed by atoms with van der Waals surface area (Å²) in [5.74, 6) is -1.63. The van der Waals surface area contributed by atoms with Crippen LogP contribution in [0.3, 0.4) is 0 Å². The number of Topliss-reactive ketones (excluding diaryl/α,β-unsaturated/α-hetero) is 1. The molecular weight excluding hydrogens is 713 g/mol. The van der Waals surface area contributed by atoms with Crippen molar-refractivity contribution in [1.29, 1.82) is 0 Å². The molecule has 10 nitrogen and oxygen atoms in total. The van der Waals surface area contributed by atoms with Crippen LogP contribution in [0.2, 0.25) is 0 Å². The van der Waals surface area contributed by atoms with Gasteiger partial charge in [-0.2, -0.15) is 0 Å². The number of benzene rings is 2. The predicted molar refractivity (Wildman–Crippen MR) is 217 cm³/mol. The molecule has 0 bridgehead atoms. The zero-order chi connectivity index (χ0) is 40.1. The van der Waals surface area contributed by atoms with Crippen LogP contribution in [0.1, 0.15) is 112 Å². The lowest BCUT2D eigenvalue weighted by atomic mass is 9.82. The van der Waals surface area contributed by atoms with Crippen LogP contribution in [0, 0.1) is 23.7 Å². The van der Waals surface area contributed by atoms with Crippen molar-refractivity contribution in [2.75, 3.05) is 20.7 Å². The number of methoxy groups -OCH3 is 1. The third-order valence-corrected chi connectivity index (χ3v) is 12.2. The first-order chi connectivity index (χ1) is 26.3. The molecule has 2 heterocycles. The highest BCUT2D eigenvalue weighted by Gasteiger charge is 2.38. The van der Waals surface area contributed by atoms with E-state index in [1.54, 1.807) is 12.3 Å². The molecule has 2 amide bonds. The van der Waals surface area contributed by atoms with Gasteiger partial charge in [0.05, 0.1) is 19.1 Å². The molecule has 300 valence electrons. The predicted octanol–water partition coefficient (Wildman–Crippen LogP) is 7.27. The largest absolute Gasteiger partial charge is 0.469 e. The summed E-state index contributed by atoms with van der Waals surface area (Å²) in [6, 6.07) is 18.7. The van der Waals surface area contributed by atoms with Crippen molar-refractivity contribution < 1.29 is 29.0 Å². The second-order valence-electron chi connectivity index (χ2n) is 15.8. The van der Waals surface area contributed by atoms with Gasteiger partial charge in [-0.05, 0) is 62.2 Å². The van der Waals surface area contributed by atoms with Crippen LogP contribution in [0.25, 0.3) is 0 Å². The first kappa shape index (κ1) is 43.8. The van der Waals surface area contributed by atoms with E-state index in [9.17, 15) is 24.3 Å². The van der Waals surface area contributed by atoms with Gasteiger partial charge in [0.1, 0.15) is 16.8 Å². The maximum absolute atomic E-state index is 14.9. The van der Waals surface area contributed by atoms with Crippen LogP contribution in [0.15, 0.2) is 66.0 Å². The van der Waals surface area contributed by atoms with Crippen LogP contribution >= 0.6 is 11.3 Å². The number of ether oxygens (including phenoxy) is 1. The first-order valence-corrected chi connectivity index (χ1v) is 20.8. The van der Waals surface area contributed by atoms with E-state index in [4.69, 9.17) is 4.74 Å². The zero-order valence-electron chi connectivity index (χ0n) is 33.8. The number of rotatable bonds is 20. The van der Waals surface area contributed by atoms with Gasteiger partial charge in [0.2, 0.25) is 5.91 Å². The highest BCUT2D eigenvalue weighted by molar-refractivity contribution is 7.09. The minimum Gasteiger partial charge on any atom is -0.469 e. The van der Waals surface area contributed by atoms with Crippen LogP contribution in [0.5, 0.6) is 0 Å². The van der Waals surface area contributed by atoms with Crippen LogP contribution < -0.4 is 5.32 Å². The Morgan fingerprint density at radius 1 is 0.982 bits per heavy atom. The van der Waals surface area contributed by atoms with Crippen LogP contribution in [-0.2, 0) is 32.1 Å². The Hall–Kier alpha value is -3.93. The SMILES string of the molecule is CC[C@H](C)[C@H](CC(=O)[C@H]1CCCCN1C)C(=O)N(Cc1ccccc1)[C@H](C[C@@H](O)c1nc(C(=O)N[C@@H](Cc2ccccc2)C[C@H](C)C(=O)OC)cs1)C(C)C. The molecule has 0 aliphatic carbocycles. The van der Waals surface area contributed by atoms with Crippen molar-refractivity contribution in [3.05, 3.63) is 87.9 Å². The van der Waals surface area contributed by atoms with Gasteiger partial charge in [0.15, 0.2) is 5.78 Å². The minimum absolute atomic E-state index is 0.0114. The average molecular weight is 775 g/mol. The molecule has 55 heavy (non-hydrogen) atoms. The van der Waals surface area contributed by atoms with E-state index in [0.29, 0.717) is 24.4 Å². The van der Waals surface area contributed by atoms with E-state index >= 15 is 0 Å². The van der Waals surface area contributed by atoms with Gasteiger partial charge in [-0.1, -0.05) is 108 Å². The summed E-state index contributed by atoms with van der Waals surface area (Å²) in [6.45, 7) is 11.2. The van der Waals surface area contributed by atoms with E-state index in [1.165, 1.54) is 18.4 Å². The van der Waals surface area contributed by atoms with Crippen molar-refractivity contribution in [3.8, 4) is 0 Å². The number of thiazole rings is 1. The van der Waals surface area contributed by atoms with E-state index in [2.05, 4.69) is 29.0 Å². The van der Waals surface area contributed by atoms with E-state index in [0.717, 1.165) is 43.4 Å². The topological polar surface area (TPSA) is 129 Å². The summed E-state index contributed by atoms with van der Waals surface area (Å²) in [7, 11) is 3.36. The maximum Gasteiger partial charge on any atom is 0.308 e. The second kappa shape index (κ2) is 21.4. The van der Waals surface area contributed by atoms with E-state index < -0.39 is 23.8 Å². The van der Waals surface area contributed by atoms with Crippen molar-refractivity contribution in [2.45, 2.75) is 117 Å². The second-order valence-corrected chi connectivity index (χ2v) is 16.6. The Labute approximate surface area is 332 Å². The van der Waals surface area contributed by atoms with E-state index in [1.807, 2.05) is 86.5 Å². The number of esters is 1. The molecule has 2 N–H and O–H groups in total. The van der Waals surface area contributed by atoms with Gasteiger partial charge < -0.3 is 20.1 Å². The highest BCUT2D eigenvalue weighted by atomic mass is 32.1. The van der Waals surface area contributed by atoms with Gasteiger partial charge >= 0.3 is 5.97 Å². The molecule has 0 saturated carbocycles. The molecule has 2 aromatic carbocycles. The number of likely N-dealkylation sites (N-methyl/N-ethyl adjacent to an activating group) is 1. The number of piperidine rings is 1. The molecule has 1 aliphatic heterocycles. The fourth-order valence-corrected chi connectivity index (χ4v) is 8.51. The molecule has 1 saturated heterocycles. The number of aliphatic hydroxyl groups is 1. The number of nitrogens with zero attached hydrogens (tertiary/aromatic N) is 3. The summed E-state index contributed by atoms with van der Waals surface area (Å²) in [4.78, 5) is 63.1. The van der Waals surface area contributed by atoms with Gasteiger partial charge in [0, 0.05) is 42.8 Å². The number of amides is 2. The van der Waals surface area contributed by atoms with Crippen LogP contribution in [-0.4, -0.2) is 82.3 Å². The summed E-state index contributed by atoms with van der Waals surface area (Å²) in [6.07, 6.45) is 3.94. The Balaban J connectivity index is 1.56. The Morgan fingerprint density at radius 3 is 2.24 bits per heavy atom. The number of carbonyl (C=O) groups excluding carboxylic acids is 4. The number of aliphatic hydroxyl groups excluding tert-OH is 1. The summed E-state index contributed by atoms with van der Waals surface area (Å²) >= 11 is 1.21. The lowest BCUT2D eigenvalue weighted by Gasteiger charge is -2.39. The molecule has 7 atom stereocenters. The number of ketones is 1. The monoisotopic (exact) mass is 774 g/mol. The first-order valence-electron chi connectivity index (χ1n) is 20.0. The summed E-state index contributed by atoms with van der Waals surface area (Å²) in [5.41, 5.74) is 2.18. The number of hydrogen-bond acceptors (Lipinski definition) is 9. The van der Waals surface area contributed by atoms with Gasteiger partial charge in [0.25, 0.3) is 5.91 Å². The fourth-order valence-electron chi connectivity index (χ4n) is 7.71. The van der Waals surface area contributed by atoms with Crippen molar-refractivity contribution in [1.82, 2.24) is 20.1 Å². The Kier molecular flexibility index (Phi) is 17.0. The van der Waals surface area contributed by atoms with Crippen LogP contribution in [0.4, 0.5) is 0 Å². The quantitative estimate of drug-likeness (QED) is 0.115. The van der Waals surface area contributed by atoms with Crippen molar-refractivity contribution in [2.24, 2.45) is 23.7 Å². The summed E-state index contributed by atoms with van der Waals surface area (Å²) < 4.78 is 4.94. The third kappa shape index (κ3) is 12.5. The van der Waals surface area contributed by atoms with E-state index in [-0.39, 0.29) is 66.2 Å². The minimum atomic E-state index is -1.04. The molecule has 1 aliphatic rings. The molecule has 0 unspecified atom stereocenters. The standard InChI is InChI=1S/C44H62N4O6S/c1-8-30(4)35(25-39(49)37-21-15-16-22-47(37)6)43(52)48(27-33-19-13-10-14-20-33)38(29(2)3)26-40(50)42-46-36(28-55-42)41(51)45-34(23-31(5)44(53)54-7)24-32-17-11-9-12-18-32/h9-14,17-20,28-31,34-35,37-38,40,50H,8,15-16,21-27H2,1-7H3,(H,45,51)/t30-,31-,34+,35-,37+,38+,40+/m0/s1. The molecule has 0 radical (unpaired) electrons. The number of carbonyl (C=O) groups is 4. The smallest absolute Gasteiger partial charge is 0.308 e. The molecule has 4 rings (SSSR count). The maximum atomic E-state index is 14.9. The number of nitrogens with one attached hydrogen (secondary N) is 1. The van der Waals surface area contributed by atoms with Crippen molar-refractivity contribution in [3.63, 3.8) is 0 Å². The average Bonchev–Trinajstić information content (AvgIpc) is 3.69. The highest BCUT2D eigenvalue weighted by Crippen LogP contribution is 2.33. The lowest BCUT2D eigenvalue weighted by molar-refractivity contribution is -0.145. The molecule has 1 aromatic heterocycles. The Bertz CT molecular complexity index is 1670. The fraction of sp³-hybridized carbons (Fsp3) is 0.568. The number of aromatic nitrogens is 1. The Morgan fingerprint density at radius 2 is 1.64 bits per heavy atom. The van der Waals surface area contributed by atoms with Gasteiger partial charge in [-0.25, -0.2) is 4.98 Å². The number of likely N-dealkylation sites (tertiary alicyclic amines) is 1. The lowest BCUT2D eigenvalue weighted by Crippen LogP contribution is -2.49. The zero-order valence-corrected chi connectivity index (χ0v) is 34.6. The summed E-state index contributed by atoms with van der Waals surface area (Å²) in [5, 5.41) is 16.8. The molecular formula is C44H62N4O6S. The van der Waals surface area contributed by atoms with Crippen molar-refractivity contribution >= 4 is 34.9 Å². The number of hydrogen-bond donors (Lipinski definition) is 2. The normalized spacial score (nSPS) is 18.1. The molecule has 3 aromatic rings. The molecule has 1 fully saturated rings. The molecule has 11 heteroatoms.